The van der Waals surface area contributed by atoms with Crippen LogP contribution < -0.4 is 0 Å². The van der Waals surface area contributed by atoms with Crippen molar-refractivity contribution in [2.45, 2.75) is 104 Å². The normalized spacial score (nSPS) is 41.5. The maximum Gasteiger partial charge on any atom is 0.306 e. The molecule has 0 aliphatic heterocycles. The van der Waals surface area contributed by atoms with Crippen molar-refractivity contribution in [1.82, 2.24) is 0 Å². The molecule has 0 aromatic heterocycles. The Morgan fingerprint density at radius 3 is 2.48 bits per heavy atom. The van der Waals surface area contributed by atoms with Gasteiger partial charge in [-0.05, 0) is 61.9 Å². The van der Waals surface area contributed by atoms with E-state index in [0.29, 0.717) is 24.5 Å². The predicted molar refractivity (Wildman–Crippen MR) is 117 cm³/mol. The third-order valence-corrected chi connectivity index (χ3v) is 9.11. The van der Waals surface area contributed by atoms with Gasteiger partial charge in [-0.25, -0.2) is 0 Å². The molecule has 5 nitrogen and oxygen atoms in total. The van der Waals surface area contributed by atoms with Gasteiger partial charge >= 0.3 is 11.9 Å². The van der Waals surface area contributed by atoms with E-state index in [-0.39, 0.29) is 46.8 Å². The first-order valence-electron chi connectivity index (χ1n) is 12.3. The van der Waals surface area contributed by atoms with E-state index in [4.69, 9.17) is 9.47 Å². The van der Waals surface area contributed by atoms with Crippen molar-refractivity contribution in [3.63, 3.8) is 0 Å². The van der Waals surface area contributed by atoms with Crippen LogP contribution in [0.15, 0.2) is 11.6 Å². The third-order valence-electron chi connectivity index (χ3n) is 9.11. The monoisotopic (exact) mass is 430 g/mol. The van der Waals surface area contributed by atoms with Gasteiger partial charge in [0.15, 0.2) is 0 Å². The molecular formula is C26H38O5. The standard InChI is InChI=1S/C26H38O5/c1-5-6-7-23(29)31-21-15-17-14-18(30-16(2)27)10-12-25(17,3)20-11-13-26(4)19(24(20)21)8-9-22(26)28/h15,18-21,24H,5-14H2,1-4H3/t18-,19?,20?,21?,24?,25-,26-/m0/s1. The number of hydrogen-bond acceptors (Lipinski definition) is 5. The molecule has 7 atom stereocenters. The highest BCUT2D eigenvalue weighted by molar-refractivity contribution is 5.87. The van der Waals surface area contributed by atoms with E-state index in [1.807, 2.05) is 0 Å². The molecular weight excluding hydrogens is 392 g/mol. The summed E-state index contributed by atoms with van der Waals surface area (Å²) in [4.78, 5) is 37.0. The van der Waals surface area contributed by atoms with E-state index < -0.39 is 0 Å². The SMILES string of the molecule is CCCCC(=O)OC1C=C2C[C@@H](OC(C)=O)CC[C@]2(C)C2CC[C@]3(C)C(=O)CCC3C12. The lowest BCUT2D eigenvalue weighted by Gasteiger charge is -2.58. The van der Waals surface area contributed by atoms with Crippen LogP contribution in [0.3, 0.4) is 0 Å². The fraction of sp³-hybridized carbons (Fsp3) is 0.808. The summed E-state index contributed by atoms with van der Waals surface area (Å²) in [7, 11) is 0. The number of ether oxygens (including phenoxy) is 2. The summed E-state index contributed by atoms with van der Waals surface area (Å²) in [6.45, 7) is 8.05. The zero-order valence-corrected chi connectivity index (χ0v) is 19.6. The number of fused-ring (bicyclic) bond motifs is 5. The summed E-state index contributed by atoms with van der Waals surface area (Å²) >= 11 is 0. The Balaban J connectivity index is 1.67. The van der Waals surface area contributed by atoms with Crippen LogP contribution in [0.1, 0.15) is 91.9 Å². The number of unbranched alkanes of at least 4 members (excludes halogenated alkanes) is 1. The number of hydrogen-bond donors (Lipinski definition) is 0. The van der Waals surface area contributed by atoms with Crippen LogP contribution in [0.2, 0.25) is 0 Å². The smallest absolute Gasteiger partial charge is 0.306 e. The average molecular weight is 431 g/mol. The molecule has 31 heavy (non-hydrogen) atoms. The lowest BCUT2D eigenvalue weighted by molar-refractivity contribution is -0.161. The second-order valence-corrected chi connectivity index (χ2v) is 10.8. The number of rotatable bonds is 5. The molecule has 0 N–H and O–H groups in total. The molecule has 0 spiro atoms. The van der Waals surface area contributed by atoms with Crippen molar-refractivity contribution in [3.8, 4) is 0 Å². The van der Waals surface area contributed by atoms with Crippen LogP contribution in [0.25, 0.3) is 0 Å². The summed E-state index contributed by atoms with van der Waals surface area (Å²) < 4.78 is 11.7. The van der Waals surface area contributed by atoms with Gasteiger partial charge in [-0.2, -0.15) is 0 Å². The Morgan fingerprint density at radius 1 is 1.06 bits per heavy atom. The Labute approximate surface area is 186 Å². The molecule has 0 radical (unpaired) electrons. The number of ketones is 1. The van der Waals surface area contributed by atoms with Crippen LogP contribution in [0, 0.1) is 28.6 Å². The van der Waals surface area contributed by atoms with Crippen molar-refractivity contribution in [2.24, 2.45) is 28.6 Å². The molecule has 4 unspecified atom stereocenters. The Hall–Kier alpha value is -1.65. The van der Waals surface area contributed by atoms with E-state index >= 15 is 0 Å². The second-order valence-electron chi connectivity index (χ2n) is 10.8. The maximum absolute atomic E-state index is 12.8. The number of esters is 2. The lowest BCUT2D eigenvalue weighted by Crippen LogP contribution is -2.55. The second kappa shape index (κ2) is 8.37. The molecule has 0 bridgehead atoms. The van der Waals surface area contributed by atoms with Gasteiger partial charge in [0.25, 0.3) is 0 Å². The quantitative estimate of drug-likeness (QED) is 0.445. The fourth-order valence-corrected chi connectivity index (χ4v) is 7.34. The highest BCUT2D eigenvalue weighted by Crippen LogP contribution is 2.64. The molecule has 4 rings (SSSR count). The Morgan fingerprint density at radius 2 is 1.77 bits per heavy atom. The Kier molecular flexibility index (Phi) is 6.08. The molecule has 0 aromatic carbocycles. The maximum atomic E-state index is 12.8. The first kappa shape index (κ1) is 22.5. The molecule has 172 valence electrons. The van der Waals surface area contributed by atoms with Crippen molar-refractivity contribution in [2.75, 3.05) is 0 Å². The molecule has 3 fully saturated rings. The van der Waals surface area contributed by atoms with Crippen LogP contribution >= 0.6 is 0 Å². The van der Waals surface area contributed by atoms with Crippen molar-refractivity contribution >= 4 is 17.7 Å². The van der Waals surface area contributed by atoms with Crippen LogP contribution in [0.4, 0.5) is 0 Å². The molecule has 0 aromatic rings. The summed E-state index contributed by atoms with van der Waals surface area (Å²) in [5, 5.41) is 0. The lowest BCUT2D eigenvalue weighted by atomic mass is 9.47. The van der Waals surface area contributed by atoms with Gasteiger partial charge in [-0.3, -0.25) is 14.4 Å². The summed E-state index contributed by atoms with van der Waals surface area (Å²) in [5.74, 6) is 0.918. The van der Waals surface area contributed by atoms with E-state index in [1.165, 1.54) is 12.5 Å². The highest BCUT2D eigenvalue weighted by Gasteiger charge is 2.61. The average Bonchev–Trinajstić information content (AvgIpc) is 3.02. The molecule has 0 saturated heterocycles. The Bertz CT molecular complexity index is 785. The van der Waals surface area contributed by atoms with Crippen LogP contribution in [-0.2, 0) is 23.9 Å². The summed E-state index contributed by atoms with van der Waals surface area (Å²) in [5.41, 5.74) is 1.04. The van der Waals surface area contributed by atoms with Gasteiger partial charge in [0.05, 0.1) is 0 Å². The molecule has 4 aliphatic rings. The topological polar surface area (TPSA) is 69.7 Å². The molecule has 0 heterocycles. The van der Waals surface area contributed by atoms with E-state index in [1.54, 1.807) is 0 Å². The van der Waals surface area contributed by atoms with Gasteiger partial charge in [0.1, 0.15) is 18.0 Å². The van der Waals surface area contributed by atoms with Crippen molar-refractivity contribution in [1.29, 1.82) is 0 Å². The van der Waals surface area contributed by atoms with E-state index in [0.717, 1.165) is 51.4 Å². The van der Waals surface area contributed by atoms with Gasteiger partial charge in [-0.15, -0.1) is 0 Å². The van der Waals surface area contributed by atoms with E-state index in [9.17, 15) is 14.4 Å². The first-order valence-corrected chi connectivity index (χ1v) is 12.3. The largest absolute Gasteiger partial charge is 0.462 e. The first-order chi connectivity index (χ1) is 14.7. The third kappa shape index (κ3) is 3.87. The molecule has 0 amide bonds. The zero-order chi connectivity index (χ0) is 22.4. The summed E-state index contributed by atoms with van der Waals surface area (Å²) in [6.07, 6.45) is 10.1. The van der Waals surface area contributed by atoms with Crippen LogP contribution in [0.5, 0.6) is 0 Å². The minimum atomic E-state index is -0.274. The minimum absolute atomic E-state index is 0.0284. The fourth-order valence-electron chi connectivity index (χ4n) is 7.34. The minimum Gasteiger partial charge on any atom is -0.462 e. The number of Topliss-reactive ketones (excluding diaryl/α,β-unsaturated/α-hetero) is 1. The molecule has 4 aliphatic carbocycles. The molecule has 5 heteroatoms. The predicted octanol–water partition coefficient (Wildman–Crippen LogP) is 5.16. The van der Waals surface area contributed by atoms with Crippen LogP contribution in [-0.4, -0.2) is 29.9 Å². The van der Waals surface area contributed by atoms with Gasteiger partial charge in [-0.1, -0.05) is 32.8 Å². The molecule has 3 saturated carbocycles. The van der Waals surface area contributed by atoms with E-state index in [2.05, 4.69) is 26.8 Å². The summed E-state index contributed by atoms with van der Waals surface area (Å²) in [6, 6.07) is 0. The van der Waals surface area contributed by atoms with Gasteiger partial charge in [0, 0.05) is 37.5 Å². The number of carbonyl (C=O) groups is 3. The number of carbonyl (C=O) groups excluding carboxylic acids is 3. The zero-order valence-electron chi connectivity index (χ0n) is 19.6. The van der Waals surface area contributed by atoms with Crippen molar-refractivity contribution in [3.05, 3.63) is 11.6 Å². The highest BCUT2D eigenvalue weighted by atomic mass is 16.5. The van der Waals surface area contributed by atoms with Gasteiger partial charge in [0.2, 0.25) is 0 Å². The van der Waals surface area contributed by atoms with Crippen molar-refractivity contribution < 1.29 is 23.9 Å². The van der Waals surface area contributed by atoms with Gasteiger partial charge < -0.3 is 9.47 Å².